The van der Waals surface area contributed by atoms with Crippen LogP contribution in [0.15, 0.2) is 176 Å². The number of hydrogen-bond acceptors (Lipinski definition) is 20. The summed E-state index contributed by atoms with van der Waals surface area (Å²) in [5, 5.41) is 52.8. The fourth-order valence-corrected chi connectivity index (χ4v) is 21.8. The Bertz CT molecular complexity index is 6150. The first-order valence-electron chi connectivity index (χ1n) is 46.9. The maximum Gasteiger partial charge on any atom is 0.341 e. The number of pyridine rings is 5. The highest BCUT2D eigenvalue weighted by Crippen LogP contribution is 2.53. The molecule has 133 heavy (non-hydrogen) atoms. The van der Waals surface area contributed by atoms with Crippen molar-refractivity contribution in [2.24, 2.45) is 64.0 Å². The Hall–Kier alpha value is -13.0. The Morgan fingerprint density at radius 1 is 0.361 bits per heavy atom. The van der Waals surface area contributed by atoms with Crippen LogP contribution in [0.4, 0.5) is 28.4 Å². The van der Waals surface area contributed by atoms with Gasteiger partial charge in [0.2, 0.25) is 0 Å². The number of anilines is 5. The summed E-state index contributed by atoms with van der Waals surface area (Å²) in [6.07, 6.45) is 13.0. The van der Waals surface area contributed by atoms with Crippen molar-refractivity contribution in [3.05, 3.63) is 259 Å². The van der Waals surface area contributed by atoms with Gasteiger partial charge in [-0.3, -0.25) is 24.0 Å². The first kappa shape index (κ1) is 93.2. The van der Waals surface area contributed by atoms with Crippen LogP contribution in [0.1, 0.15) is 166 Å². The fourth-order valence-electron chi connectivity index (χ4n) is 21.8. The van der Waals surface area contributed by atoms with Crippen LogP contribution in [-0.2, 0) is 32.1 Å². The van der Waals surface area contributed by atoms with Gasteiger partial charge in [-0.2, -0.15) is 0 Å². The lowest BCUT2D eigenvalue weighted by Crippen LogP contribution is -2.46. The first-order chi connectivity index (χ1) is 63.9. The highest BCUT2D eigenvalue weighted by atomic mass is 16.4. The summed E-state index contributed by atoms with van der Waals surface area (Å²) < 4.78 is 0. The number of nitrogens with two attached hydrogens (primary N) is 3. The van der Waals surface area contributed by atoms with E-state index in [2.05, 4.69) is 116 Å². The van der Waals surface area contributed by atoms with E-state index in [0.29, 0.717) is 102 Å². The van der Waals surface area contributed by atoms with Gasteiger partial charge >= 0.3 is 29.8 Å². The normalized spacial score (nSPS) is 22.9. The molecule has 12 atom stereocenters. The lowest BCUT2D eigenvalue weighted by molar-refractivity contribution is 0.0684. The van der Waals surface area contributed by atoms with E-state index in [1.807, 2.05) is 107 Å². The number of piperidine rings is 1. The van der Waals surface area contributed by atoms with E-state index >= 15 is 0 Å². The third-order valence-corrected chi connectivity index (χ3v) is 29.9. The first-order valence-corrected chi connectivity index (χ1v) is 46.9. The Kier molecular flexibility index (Phi) is 27.6. The second-order valence-corrected chi connectivity index (χ2v) is 37.6. The van der Waals surface area contributed by atoms with Crippen LogP contribution in [0.25, 0.3) is 56.3 Å². The minimum Gasteiger partial charge on any atom is -0.477 e. The van der Waals surface area contributed by atoms with Crippen LogP contribution in [0.2, 0.25) is 0 Å². The summed E-state index contributed by atoms with van der Waals surface area (Å²) in [6.45, 7) is 21.2. The molecule has 0 radical (unpaired) electrons. The zero-order chi connectivity index (χ0) is 94.1. The van der Waals surface area contributed by atoms with E-state index in [4.69, 9.17) is 37.6 Å². The van der Waals surface area contributed by atoms with Crippen molar-refractivity contribution in [1.82, 2.24) is 35.6 Å². The molecule has 5 aromatic heterocycles. The summed E-state index contributed by atoms with van der Waals surface area (Å²) >= 11 is 0. The van der Waals surface area contributed by atoms with Gasteiger partial charge in [-0.25, -0.2) is 24.0 Å². The summed E-state index contributed by atoms with van der Waals surface area (Å²) in [7, 11) is 2.06. The molecular weight excluding hydrogens is 1690 g/mol. The Labute approximate surface area is 770 Å². The minimum absolute atomic E-state index is 0.208. The van der Waals surface area contributed by atoms with Gasteiger partial charge in [-0.1, -0.05) is 95.3 Å². The molecule has 10 aliphatic rings. The van der Waals surface area contributed by atoms with Gasteiger partial charge in [0.1, 0.15) is 27.8 Å². The predicted molar refractivity (Wildman–Crippen MR) is 518 cm³/mol. The Morgan fingerprint density at radius 3 is 0.880 bits per heavy atom. The number of aryl methyl sites for hydroxylation is 5. The van der Waals surface area contributed by atoms with E-state index < -0.39 is 57.6 Å². The Morgan fingerprint density at radius 2 is 0.632 bits per heavy atom. The minimum atomic E-state index is -1.21. The number of nitrogens with one attached hydrogen (secondary N) is 7. The molecule has 4 saturated carbocycles. The van der Waals surface area contributed by atoms with E-state index in [1.165, 1.54) is 80.2 Å². The van der Waals surface area contributed by atoms with Gasteiger partial charge < -0.3 is 103 Å². The zero-order valence-corrected chi connectivity index (χ0v) is 76.1. The second kappa shape index (κ2) is 39.4. The smallest absolute Gasteiger partial charge is 0.341 e. The molecule has 1 spiro atoms. The lowest BCUT2D eigenvalue weighted by Gasteiger charge is -2.36. The number of aromatic amines is 5. The molecule has 698 valence electrons. The number of H-pyrrole nitrogens is 5. The Balaban J connectivity index is 0.000000121. The van der Waals surface area contributed by atoms with Crippen LogP contribution < -0.4 is 80.1 Å². The van der Waals surface area contributed by atoms with Crippen LogP contribution >= 0.6 is 0 Å². The average molecular weight is 1810 g/mol. The number of fused-ring (bicyclic) bond motifs is 4. The molecule has 11 heterocycles. The number of aromatic carboxylic acids is 5. The van der Waals surface area contributed by atoms with Gasteiger partial charge in [0, 0.05) is 130 Å². The van der Waals surface area contributed by atoms with Crippen molar-refractivity contribution in [3.8, 4) is 56.3 Å². The maximum absolute atomic E-state index is 12.1. The summed E-state index contributed by atoms with van der Waals surface area (Å²) in [4.78, 5) is 142. The van der Waals surface area contributed by atoms with Crippen LogP contribution in [0.5, 0.6) is 0 Å². The largest absolute Gasteiger partial charge is 0.477 e. The number of aromatic nitrogens is 5. The van der Waals surface area contributed by atoms with E-state index in [9.17, 15) is 53.1 Å². The number of nitrogens with zero attached hydrogens (tertiary/aromatic N) is 5. The molecule has 30 heteroatoms. The molecule has 0 bridgehead atoms. The molecule has 0 amide bonds. The lowest BCUT2D eigenvalue weighted by atomic mass is 9.72. The fraction of sp³-hybridized carbons (Fsp3) is 0.417. The highest BCUT2D eigenvalue weighted by molar-refractivity contribution is 5.91. The molecule has 4 aliphatic carbocycles. The number of rotatable bonds is 21. The standard InChI is InChI=1S/C22H27N3O3.C21H25N3O3.3C20H23N3O3/c1-3-13-10-19(22(27)28)21(26)24-20(13)14-4-6-18(7-5-14)25-11-15-8-17(23-2)9-16(15)12-25;1-2-13-10-17(21(26)27)20(25)23-19(13)14-5-7-16(8-6-14)24-11-15-4-3-9-22-18(15)12-24;2*1-2-11-7-15(20(25)26)19(24)22-18(11)12-3-5-14(6-4-12)23-9-13-8-17(21)16(13)10-23;1-2-12-9-15(19(25)26)18(24)22-17(12)13-3-5-14(6-4-13)23-10-16(21)20(11-23)7-8-20/h4-7,10,15-17,23H,3,8-9,11-12H2,1-2H3,(H,24,26)(H,27,28);5-8,10,15,18,22H,2-4,9,11-12H2,1H3,(H,23,25)(H,26,27);2*3-7,13,16-17H,2,8-10,21H2,1H3,(H,22,24)(H,25,26);3-6,9,16H,2,7-8,10-11,21H2,1H3,(H,22,24)(H,25,26)/t15-,16+,17?;;13-,16+,17+;13-,16+,17-;/m..11./s1. The molecular formula is C103H121N15O15. The molecule has 18 N–H and O–H groups in total. The van der Waals surface area contributed by atoms with Gasteiger partial charge in [-0.05, 0) is 285 Å². The van der Waals surface area contributed by atoms with Crippen LogP contribution in [0.3, 0.4) is 0 Å². The van der Waals surface area contributed by atoms with Crippen molar-refractivity contribution in [2.75, 3.05) is 104 Å². The quantitative estimate of drug-likeness (QED) is 0.0318. The SMILES string of the molecule is CCc1cc(C(=O)O)c(=O)[nH]c1-c1ccc(N2CC(N)C3(CC3)C2)cc1.CCc1cc(C(=O)O)c(=O)[nH]c1-c1ccc(N2CC3CCCNC3C2)cc1.CCc1cc(C(=O)O)c(=O)[nH]c1-c1ccc(N2C[C@H]3CC(NC)C[C@H]3C2)cc1.CCc1cc(C(=O)O)c(=O)[nH]c1-c1ccc(N2C[C@H]3C[C@@H](N)[C@H]3C2)cc1.CCc1cc(C(=O)O)c(=O)[nH]c1-c1ccc(N2C[C@H]3C[C@H](N)[C@H]3C2)cc1. The van der Waals surface area contributed by atoms with Gasteiger partial charge in [-0.15, -0.1) is 0 Å². The van der Waals surface area contributed by atoms with Crippen molar-refractivity contribution < 1.29 is 49.5 Å². The number of hydrogen-bond donors (Lipinski definition) is 15. The van der Waals surface area contributed by atoms with Crippen molar-refractivity contribution in [3.63, 3.8) is 0 Å². The molecule has 10 fully saturated rings. The monoisotopic (exact) mass is 1810 g/mol. The van der Waals surface area contributed by atoms with Gasteiger partial charge in [0.05, 0.1) is 28.5 Å². The van der Waals surface area contributed by atoms with Gasteiger partial charge in [0.15, 0.2) is 0 Å². The number of benzene rings is 5. The molecule has 20 rings (SSSR count). The molecule has 5 aromatic carbocycles. The van der Waals surface area contributed by atoms with Crippen molar-refractivity contribution in [2.45, 2.75) is 148 Å². The van der Waals surface area contributed by atoms with E-state index in [0.717, 1.165) is 187 Å². The van der Waals surface area contributed by atoms with E-state index in [-0.39, 0.29) is 33.9 Å². The summed E-state index contributed by atoms with van der Waals surface area (Å²) in [6, 6.07) is 50.3. The predicted octanol–water partition coefficient (Wildman–Crippen LogP) is 11.6. The molecule has 30 nitrogen and oxygen atoms in total. The van der Waals surface area contributed by atoms with Crippen molar-refractivity contribution >= 4 is 58.3 Å². The summed E-state index contributed by atoms with van der Waals surface area (Å²) in [5.41, 5.74) is 32.8. The second-order valence-electron chi connectivity index (χ2n) is 37.6. The zero-order valence-electron chi connectivity index (χ0n) is 76.1. The molecule has 6 aliphatic heterocycles. The number of carboxylic acids is 5. The van der Waals surface area contributed by atoms with Crippen LogP contribution in [0, 0.1) is 46.8 Å². The molecule has 10 aromatic rings. The molecule has 6 saturated heterocycles. The molecule has 4 unspecified atom stereocenters. The third kappa shape index (κ3) is 19.6. The average Bonchev–Trinajstić information content (AvgIpc) is 1.59. The highest BCUT2D eigenvalue weighted by Gasteiger charge is 2.54. The topological polar surface area (TPSA) is 469 Å². The summed E-state index contributed by atoms with van der Waals surface area (Å²) in [5.74, 6) is -1.08. The number of carbonyl (C=O) groups is 5. The maximum atomic E-state index is 12.1. The van der Waals surface area contributed by atoms with Gasteiger partial charge in [0.25, 0.3) is 27.8 Å². The third-order valence-electron chi connectivity index (χ3n) is 29.9. The van der Waals surface area contributed by atoms with E-state index in [1.54, 1.807) is 0 Å². The number of carboxylic acid groups (broad SMARTS) is 5. The van der Waals surface area contributed by atoms with Crippen molar-refractivity contribution in [1.29, 1.82) is 0 Å². The van der Waals surface area contributed by atoms with Crippen LogP contribution in [-0.4, -0.2) is 190 Å².